The van der Waals surface area contributed by atoms with Gasteiger partial charge in [0.1, 0.15) is 16.8 Å². The van der Waals surface area contributed by atoms with Gasteiger partial charge < -0.3 is 19.2 Å². The maximum atomic E-state index is 12.2. The summed E-state index contributed by atoms with van der Waals surface area (Å²) in [7, 11) is 0. The summed E-state index contributed by atoms with van der Waals surface area (Å²) in [5, 5.41) is 2.77. The summed E-state index contributed by atoms with van der Waals surface area (Å²) in [6, 6.07) is 11.0. The Bertz CT molecular complexity index is 1090. The molecule has 2 heterocycles. The van der Waals surface area contributed by atoms with Gasteiger partial charge in [0.2, 0.25) is 0 Å². The molecule has 7 nitrogen and oxygen atoms in total. The summed E-state index contributed by atoms with van der Waals surface area (Å²) in [5.74, 6) is -0.357. The average molecular weight is 424 g/mol. The smallest absolute Gasteiger partial charge is 0.407 e. The molecule has 1 aromatic carbocycles. The Morgan fingerprint density at radius 3 is 2.23 bits per heavy atom. The van der Waals surface area contributed by atoms with E-state index in [0.29, 0.717) is 12.1 Å². The molecule has 2 aromatic heterocycles. The van der Waals surface area contributed by atoms with Gasteiger partial charge in [0, 0.05) is 30.1 Å². The van der Waals surface area contributed by atoms with Crippen molar-refractivity contribution in [1.29, 1.82) is 0 Å². The molecular weight excluding hydrogens is 394 g/mol. The Hall–Kier alpha value is -3.35. The van der Waals surface area contributed by atoms with Crippen molar-refractivity contribution in [1.82, 2.24) is 14.7 Å². The van der Waals surface area contributed by atoms with E-state index >= 15 is 0 Å². The number of fused-ring (bicyclic) bond motifs is 1. The third-order valence-corrected chi connectivity index (χ3v) is 4.20. The molecule has 3 aromatic rings. The van der Waals surface area contributed by atoms with Crippen LogP contribution in [0.25, 0.3) is 16.9 Å². The topological polar surface area (TPSA) is 81.9 Å². The Morgan fingerprint density at radius 2 is 1.61 bits per heavy atom. The van der Waals surface area contributed by atoms with E-state index in [4.69, 9.17) is 14.5 Å². The number of carbonyl (C=O) groups excluding carboxylic acids is 2. The first-order valence-electron chi connectivity index (χ1n) is 10.2. The Labute approximate surface area is 182 Å². The van der Waals surface area contributed by atoms with Gasteiger partial charge in [-0.25, -0.2) is 14.6 Å². The van der Waals surface area contributed by atoms with Crippen LogP contribution >= 0.6 is 0 Å². The van der Waals surface area contributed by atoms with Crippen LogP contribution in [0.5, 0.6) is 0 Å². The van der Waals surface area contributed by atoms with Crippen LogP contribution in [0.3, 0.4) is 0 Å². The van der Waals surface area contributed by atoms with E-state index < -0.39 is 17.3 Å². The molecule has 1 amide bonds. The highest BCUT2D eigenvalue weighted by Crippen LogP contribution is 2.22. The molecule has 0 unspecified atom stereocenters. The van der Waals surface area contributed by atoms with Crippen molar-refractivity contribution >= 4 is 17.7 Å². The van der Waals surface area contributed by atoms with Crippen molar-refractivity contribution < 1.29 is 19.1 Å². The second-order valence-corrected chi connectivity index (χ2v) is 9.33. The zero-order valence-electron chi connectivity index (χ0n) is 18.9. The van der Waals surface area contributed by atoms with Crippen molar-refractivity contribution in [2.75, 3.05) is 0 Å². The predicted molar refractivity (Wildman–Crippen MR) is 119 cm³/mol. The highest BCUT2D eigenvalue weighted by molar-refractivity contribution is 5.90. The summed E-state index contributed by atoms with van der Waals surface area (Å²) in [6.45, 7) is 11.3. The molecule has 0 saturated heterocycles. The van der Waals surface area contributed by atoms with E-state index in [1.165, 1.54) is 0 Å². The SMILES string of the molecule is CC(C)(C)OC(=O)NCc1cccn2cc(-c3ccc(C(=O)OC(C)(C)C)cc3)nc12. The van der Waals surface area contributed by atoms with E-state index in [9.17, 15) is 9.59 Å². The highest BCUT2D eigenvalue weighted by atomic mass is 16.6. The number of alkyl carbamates (subject to hydrolysis) is 1. The molecule has 0 saturated carbocycles. The molecule has 31 heavy (non-hydrogen) atoms. The van der Waals surface area contributed by atoms with Crippen LogP contribution in [0.1, 0.15) is 57.5 Å². The number of nitrogens with zero attached hydrogens (tertiary/aromatic N) is 2. The maximum Gasteiger partial charge on any atom is 0.407 e. The first kappa shape index (κ1) is 22.3. The number of ether oxygens (including phenoxy) is 2. The van der Waals surface area contributed by atoms with E-state index in [-0.39, 0.29) is 5.97 Å². The van der Waals surface area contributed by atoms with Crippen molar-refractivity contribution in [2.24, 2.45) is 0 Å². The molecule has 0 bridgehead atoms. The quantitative estimate of drug-likeness (QED) is 0.599. The van der Waals surface area contributed by atoms with Gasteiger partial charge in [-0.2, -0.15) is 0 Å². The monoisotopic (exact) mass is 423 g/mol. The molecule has 0 atom stereocenters. The van der Waals surface area contributed by atoms with Crippen LogP contribution < -0.4 is 5.32 Å². The van der Waals surface area contributed by atoms with Crippen LogP contribution in [0.2, 0.25) is 0 Å². The number of carbonyl (C=O) groups is 2. The number of hydrogen-bond donors (Lipinski definition) is 1. The third-order valence-electron chi connectivity index (χ3n) is 4.20. The van der Waals surface area contributed by atoms with Crippen molar-refractivity contribution in [2.45, 2.75) is 59.3 Å². The van der Waals surface area contributed by atoms with Crippen molar-refractivity contribution in [3.8, 4) is 11.3 Å². The summed E-state index contributed by atoms with van der Waals surface area (Å²) >= 11 is 0. The van der Waals surface area contributed by atoms with Crippen LogP contribution in [-0.2, 0) is 16.0 Å². The molecule has 3 rings (SSSR count). The number of hydrogen-bond acceptors (Lipinski definition) is 5. The molecule has 0 radical (unpaired) electrons. The summed E-state index contributed by atoms with van der Waals surface area (Å²) in [6.07, 6.45) is 3.34. The lowest BCUT2D eigenvalue weighted by Gasteiger charge is -2.19. The van der Waals surface area contributed by atoms with Gasteiger partial charge in [-0.3, -0.25) is 0 Å². The minimum atomic E-state index is -0.554. The Kier molecular flexibility index (Phi) is 6.06. The average Bonchev–Trinajstić information content (AvgIpc) is 3.08. The van der Waals surface area contributed by atoms with Gasteiger partial charge in [0.25, 0.3) is 0 Å². The van der Waals surface area contributed by atoms with Crippen LogP contribution in [0.4, 0.5) is 4.79 Å². The minimum absolute atomic E-state index is 0.299. The Balaban J connectivity index is 1.78. The lowest BCUT2D eigenvalue weighted by molar-refractivity contribution is 0.00692. The molecule has 7 heteroatoms. The van der Waals surface area contributed by atoms with Crippen LogP contribution in [0.15, 0.2) is 48.8 Å². The normalized spacial score (nSPS) is 11.9. The van der Waals surface area contributed by atoms with E-state index in [1.54, 1.807) is 12.1 Å². The number of imidazole rings is 1. The van der Waals surface area contributed by atoms with Gasteiger partial charge in [0.15, 0.2) is 0 Å². The number of nitrogens with one attached hydrogen (secondary N) is 1. The van der Waals surface area contributed by atoms with Gasteiger partial charge in [-0.05, 0) is 59.7 Å². The minimum Gasteiger partial charge on any atom is -0.456 e. The highest BCUT2D eigenvalue weighted by Gasteiger charge is 2.19. The van der Waals surface area contributed by atoms with Crippen molar-refractivity contribution in [3.05, 3.63) is 59.9 Å². The number of pyridine rings is 1. The number of aromatic nitrogens is 2. The van der Waals surface area contributed by atoms with Gasteiger partial charge in [0.05, 0.1) is 11.3 Å². The first-order chi connectivity index (χ1) is 14.4. The second kappa shape index (κ2) is 8.41. The molecule has 0 aliphatic carbocycles. The van der Waals surface area contributed by atoms with Gasteiger partial charge in [-0.15, -0.1) is 0 Å². The zero-order valence-corrected chi connectivity index (χ0v) is 18.9. The van der Waals surface area contributed by atoms with E-state index in [2.05, 4.69) is 5.32 Å². The van der Waals surface area contributed by atoms with Crippen LogP contribution in [-0.4, -0.2) is 32.6 Å². The fourth-order valence-electron chi connectivity index (χ4n) is 2.94. The van der Waals surface area contributed by atoms with Crippen LogP contribution in [0, 0.1) is 0 Å². The Morgan fingerprint density at radius 1 is 0.968 bits per heavy atom. The molecular formula is C24H29N3O4. The maximum absolute atomic E-state index is 12.2. The van der Waals surface area contributed by atoms with Crippen molar-refractivity contribution in [3.63, 3.8) is 0 Å². The largest absolute Gasteiger partial charge is 0.456 e. The standard InChI is InChI=1S/C24H29N3O4/c1-23(2,3)30-21(28)17-11-9-16(10-12-17)19-15-27-13-7-8-18(20(27)26-19)14-25-22(29)31-24(4,5)6/h7-13,15H,14H2,1-6H3,(H,25,29). The molecule has 0 spiro atoms. The fraction of sp³-hybridized carbons (Fsp3) is 0.375. The molecule has 0 aliphatic heterocycles. The molecule has 0 fully saturated rings. The van der Waals surface area contributed by atoms with Gasteiger partial charge >= 0.3 is 12.1 Å². The fourth-order valence-corrected chi connectivity index (χ4v) is 2.94. The zero-order chi connectivity index (χ0) is 22.8. The third kappa shape index (κ3) is 6.07. The molecule has 1 N–H and O–H groups in total. The first-order valence-corrected chi connectivity index (χ1v) is 10.2. The summed E-state index contributed by atoms with van der Waals surface area (Å²) in [5.41, 5.74) is 2.64. The summed E-state index contributed by atoms with van der Waals surface area (Å²) < 4.78 is 12.6. The predicted octanol–water partition coefficient (Wildman–Crippen LogP) is 4.98. The molecule has 0 aliphatic rings. The summed E-state index contributed by atoms with van der Waals surface area (Å²) in [4.78, 5) is 28.9. The van der Waals surface area contributed by atoms with E-state index in [0.717, 1.165) is 22.5 Å². The number of amides is 1. The number of esters is 1. The van der Waals surface area contributed by atoms with E-state index in [1.807, 2.05) is 82.6 Å². The lowest BCUT2D eigenvalue weighted by atomic mass is 10.1. The van der Waals surface area contributed by atoms with Gasteiger partial charge in [-0.1, -0.05) is 18.2 Å². The molecule has 164 valence electrons. The number of benzene rings is 1. The number of rotatable bonds is 4. The lowest BCUT2D eigenvalue weighted by Crippen LogP contribution is -2.32. The second-order valence-electron chi connectivity index (χ2n) is 9.33.